The highest BCUT2D eigenvalue weighted by atomic mass is 16.5. The van der Waals surface area contributed by atoms with Gasteiger partial charge in [0.15, 0.2) is 5.96 Å². The number of nitrogens with zero attached hydrogens (tertiary/aromatic N) is 1. The normalized spacial score (nSPS) is 21.5. The molecule has 2 rings (SSSR count). The lowest BCUT2D eigenvalue weighted by molar-refractivity contribution is 0.0177. The molecular formula is C18H33N3O. The molecule has 0 bridgehead atoms. The van der Waals surface area contributed by atoms with Crippen molar-refractivity contribution in [1.29, 1.82) is 0 Å². The van der Waals surface area contributed by atoms with Crippen LogP contribution < -0.4 is 10.6 Å². The fourth-order valence-corrected chi connectivity index (χ4v) is 3.55. The minimum atomic E-state index is 0.396. The summed E-state index contributed by atoms with van der Waals surface area (Å²) in [5, 5.41) is 6.88. The summed E-state index contributed by atoms with van der Waals surface area (Å²) in [7, 11) is 0. The summed E-state index contributed by atoms with van der Waals surface area (Å²) in [5.41, 5.74) is 0. The molecule has 0 heterocycles. The van der Waals surface area contributed by atoms with Gasteiger partial charge in [0, 0.05) is 25.7 Å². The van der Waals surface area contributed by atoms with E-state index >= 15 is 0 Å². The van der Waals surface area contributed by atoms with Crippen LogP contribution in [0.3, 0.4) is 0 Å². The molecule has 0 aliphatic heterocycles. The maximum absolute atomic E-state index is 5.98. The summed E-state index contributed by atoms with van der Waals surface area (Å²) in [6.07, 6.45) is 13.5. The smallest absolute Gasteiger partial charge is 0.191 e. The van der Waals surface area contributed by atoms with Gasteiger partial charge in [-0.1, -0.05) is 25.0 Å². The van der Waals surface area contributed by atoms with Crippen LogP contribution in [0.2, 0.25) is 0 Å². The van der Waals surface area contributed by atoms with Crippen LogP contribution in [-0.4, -0.2) is 37.8 Å². The Morgan fingerprint density at radius 1 is 1.23 bits per heavy atom. The Morgan fingerprint density at radius 2 is 1.95 bits per heavy atom. The van der Waals surface area contributed by atoms with Crippen LogP contribution in [0.15, 0.2) is 17.1 Å². The second kappa shape index (κ2) is 9.88. The Kier molecular flexibility index (Phi) is 7.78. The highest BCUT2D eigenvalue weighted by Gasteiger charge is 2.25. The molecule has 1 atom stereocenters. The largest absolute Gasteiger partial charge is 0.378 e. The van der Waals surface area contributed by atoms with Crippen molar-refractivity contribution in [3.63, 3.8) is 0 Å². The summed E-state index contributed by atoms with van der Waals surface area (Å²) in [6, 6.07) is 0.510. The molecule has 1 fully saturated rings. The van der Waals surface area contributed by atoms with E-state index in [1.165, 1.54) is 25.7 Å². The molecule has 0 aromatic rings. The van der Waals surface area contributed by atoms with Gasteiger partial charge in [-0.25, -0.2) is 0 Å². The van der Waals surface area contributed by atoms with E-state index in [9.17, 15) is 0 Å². The molecule has 0 aromatic heterocycles. The van der Waals surface area contributed by atoms with Crippen molar-refractivity contribution < 1.29 is 4.74 Å². The van der Waals surface area contributed by atoms with E-state index in [1.807, 2.05) is 0 Å². The van der Waals surface area contributed by atoms with Gasteiger partial charge in [0.05, 0.1) is 6.10 Å². The van der Waals surface area contributed by atoms with E-state index in [0.29, 0.717) is 12.1 Å². The first-order valence-electron chi connectivity index (χ1n) is 9.15. The van der Waals surface area contributed by atoms with Crippen LogP contribution in [-0.2, 0) is 4.74 Å². The summed E-state index contributed by atoms with van der Waals surface area (Å²) in [4.78, 5) is 4.76. The van der Waals surface area contributed by atoms with Crippen LogP contribution >= 0.6 is 0 Å². The van der Waals surface area contributed by atoms with Crippen LogP contribution in [0, 0.1) is 5.92 Å². The zero-order valence-electron chi connectivity index (χ0n) is 14.3. The first-order valence-corrected chi connectivity index (χ1v) is 9.15. The quantitative estimate of drug-likeness (QED) is 0.411. The average Bonchev–Trinajstić information content (AvgIpc) is 3.20. The maximum Gasteiger partial charge on any atom is 0.191 e. The van der Waals surface area contributed by atoms with Crippen molar-refractivity contribution >= 4 is 5.96 Å². The first kappa shape index (κ1) is 17.3. The van der Waals surface area contributed by atoms with Gasteiger partial charge in [-0.05, 0) is 51.9 Å². The lowest BCUT2D eigenvalue weighted by Crippen LogP contribution is -2.42. The number of hydrogen-bond donors (Lipinski definition) is 2. The first-order chi connectivity index (χ1) is 10.8. The van der Waals surface area contributed by atoms with Crippen LogP contribution in [0.1, 0.15) is 58.8 Å². The number of guanidine groups is 1. The fraction of sp³-hybridized carbons (Fsp3) is 0.833. The molecule has 1 saturated carbocycles. The number of nitrogens with one attached hydrogen (secondary N) is 2. The number of ether oxygens (including phenoxy) is 1. The second-order valence-electron chi connectivity index (χ2n) is 6.37. The van der Waals surface area contributed by atoms with E-state index in [4.69, 9.17) is 9.73 Å². The molecular weight excluding hydrogens is 274 g/mol. The van der Waals surface area contributed by atoms with Gasteiger partial charge >= 0.3 is 0 Å². The molecule has 4 heteroatoms. The summed E-state index contributed by atoms with van der Waals surface area (Å²) < 4.78 is 5.98. The van der Waals surface area contributed by atoms with Gasteiger partial charge in [0.25, 0.3) is 0 Å². The Bertz CT molecular complexity index is 353. The highest BCUT2D eigenvalue weighted by Crippen LogP contribution is 2.30. The standard InChI is InChI=1S/C18H33N3O/c1-3-19-18(21-16-11-7-8-12-16)20-14-13-17(22-4-2)15-9-5-6-10-15/h7-8,15-17H,3-6,9-14H2,1-2H3,(H2,19,20,21). The Hall–Kier alpha value is -1.03. The molecule has 2 N–H and O–H groups in total. The molecule has 4 nitrogen and oxygen atoms in total. The molecule has 1 unspecified atom stereocenters. The minimum Gasteiger partial charge on any atom is -0.378 e. The summed E-state index contributed by atoms with van der Waals surface area (Å²) in [5.74, 6) is 1.71. The average molecular weight is 307 g/mol. The minimum absolute atomic E-state index is 0.396. The van der Waals surface area contributed by atoms with E-state index in [-0.39, 0.29) is 0 Å². The summed E-state index contributed by atoms with van der Waals surface area (Å²) in [6.45, 7) is 6.78. The molecule has 2 aliphatic rings. The monoisotopic (exact) mass is 307 g/mol. The van der Waals surface area contributed by atoms with Crippen LogP contribution in [0.5, 0.6) is 0 Å². The molecule has 0 spiro atoms. The molecule has 0 amide bonds. The second-order valence-corrected chi connectivity index (χ2v) is 6.37. The molecule has 22 heavy (non-hydrogen) atoms. The number of hydrogen-bond acceptors (Lipinski definition) is 2. The van der Waals surface area contributed by atoms with Crippen molar-refractivity contribution in [3.8, 4) is 0 Å². The van der Waals surface area contributed by atoms with Crippen molar-refractivity contribution in [2.75, 3.05) is 19.7 Å². The third kappa shape index (κ3) is 5.64. The zero-order valence-corrected chi connectivity index (χ0v) is 14.3. The Morgan fingerprint density at radius 3 is 2.59 bits per heavy atom. The molecule has 126 valence electrons. The number of rotatable bonds is 8. The lowest BCUT2D eigenvalue weighted by Gasteiger charge is -2.23. The van der Waals surface area contributed by atoms with Gasteiger partial charge in [0.2, 0.25) is 0 Å². The Labute approximate surface area is 135 Å². The third-order valence-corrected chi connectivity index (χ3v) is 4.68. The van der Waals surface area contributed by atoms with Crippen LogP contribution in [0.4, 0.5) is 0 Å². The maximum atomic E-state index is 5.98. The van der Waals surface area contributed by atoms with Crippen LogP contribution in [0.25, 0.3) is 0 Å². The van der Waals surface area contributed by atoms with Crippen molar-refractivity contribution in [2.24, 2.45) is 10.9 Å². The number of aliphatic imine (C=N–C) groups is 1. The topological polar surface area (TPSA) is 45.7 Å². The predicted octanol–water partition coefficient (Wildman–Crippen LogP) is 3.25. The zero-order chi connectivity index (χ0) is 15.6. The van der Waals surface area contributed by atoms with Crippen molar-refractivity contribution in [1.82, 2.24) is 10.6 Å². The van der Waals surface area contributed by atoms with Gasteiger partial charge < -0.3 is 15.4 Å². The van der Waals surface area contributed by atoms with Gasteiger partial charge in [0.1, 0.15) is 0 Å². The molecule has 0 radical (unpaired) electrons. The highest BCUT2D eigenvalue weighted by molar-refractivity contribution is 5.80. The molecule has 0 saturated heterocycles. The van der Waals surface area contributed by atoms with E-state index < -0.39 is 0 Å². The van der Waals surface area contributed by atoms with Crippen molar-refractivity contribution in [3.05, 3.63) is 12.2 Å². The van der Waals surface area contributed by atoms with Crippen molar-refractivity contribution in [2.45, 2.75) is 70.9 Å². The van der Waals surface area contributed by atoms with Gasteiger partial charge in [-0.2, -0.15) is 0 Å². The Balaban J connectivity index is 1.79. The van der Waals surface area contributed by atoms with Gasteiger partial charge in [-0.3, -0.25) is 4.99 Å². The summed E-state index contributed by atoms with van der Waals surface area (Å²) >= 11 is 0. The third-order valence-electron chi connectivity index (χ3n) is 4.68. The van der Waals surface area contributed by atoms with E-state index in [1.54, 1.807) is 0 Å². The molecule has 2 aliphatic carbocycles. The van der Waals surface area contributed by atoms with E-state index in [2.05, 4.69) is 36.6 Å². The SMILES string of the molecule is CCNC(=NCCC(OCC)C1CCCC1)NC1CC=CC1. The molecule has 0 aromatic carbocycles. The fourth-order valence-electron chi connectivity index (χ4n) is 3.55. The van der Waals surface area contributed by atoms with Gasteiger partial charge in [-0.15, -0.1) is 0 Å². The predicted molar refractivity (Wildman–Crippen MR) is 93.3 cm³/mol. The lowest BCUT2D eigenvalue weighted by atomic mass is 9.98. The van der Waals surface area contributed by atoms with E-state index in [0.717, 1.165) is 50.8 Å².